The molecule has 1 aromatic carbocycles. The minimum absolute atomic E-state index is 0.0932. The number of halogens is 2. The predicted molar refractivity (Wildman–Crippen MR) is 80.6 cm³/mol. The molecule has 0 aromatic heterocycles. The standard InChI is InChI=1S/C13H15Cl2NO4S/c1-7(8-3-4-8)16(2)21(19,20)10-6-5-9(14)11(12(10)15)13(17)18/h5-8H,3-4H2,1-2H3,(H,17,18). The molecule has 116 valence electrons. The Hall–Kier alpha value is -0.820. The first kappa shape index (κ1) is 16.5. The summed E-state index contributed by atoms with van der Waals surface area (Å²) in [6, 6.07) is 2.32. The Bertz CT molecular complexity index is 686. The fraction of sp³-hybridized carbons (Fsp3) is 0.462. The highest BCUT2D eigenvalue weighted by atomic mass is 35.5. The lowest BCUT2D eigenvalue weighted by atomic mass is 10.2. The van der Waals surface area contributed by atoms with Crippen molar-refractivity contribution in [3.8, 4) is 0 Å². The molecule has 0 aliphatic heterocycles. The second-order valence-corrected chi connectivity index (χ2v) is 7.89. The normalized spacial score (nSPS) is 17.0. The molecular weight excluding hydrogens is 337 g/mol. The van der Waals surface area contributed by atoms with Crippen LogP contribution in [0.1, 0.15) is 30.1 Å². The van der Waals surface area contributed by atoms with E-state index in [1.807, 2.05) is 6.92 Å². The molecule has 0 heterocycles. The zero-order valence-corrected chi connectivity index (χ0v) is 13.8. The molecule has 1 atom stereocenters. The Labute approximate surface area is 133 Å². The van der Waals surface area contributed by atoms with Crippen molar-refractivity contribution in [1.29, 1.82) is 0 Å². The average Bonchev–Trinajstić information content (AvgIpc) is 3.20. The van der Waals surface area contributed by atoms with E-state index in [-0.39, 0.29) is 21.0 Å². The summed E-state index contributed by atoms with van der Waals surface area (Å²) in [5.41, 5.74) is -0.396. The number of aromatic carboxylic acids is 1. The maximum Gasteiger partial charge on any atom is 0.338 e. The Balaban J connectivity index is 2.50. The minimum Gasteiger partial charge on any atom is -0.478 e. The first-order valence-electron chi connectivity index (χ1n) is 6.37. The number of hydrogen-bond donors (Lipinski definition) is 1. The predicted octanol–water partition coefficient (Wildman–Crippen LogP) is 3.11. The van der Waals surface area contributed by atoms with Crippen LogP contribution in [0.25, 0.3) is 0 Å². The summed E-state index contributed by atoms with van der Waals surface area (Å²) in [7, 11) is -2.39. The van der Waals surface area contributed by atoms with Crippen molar-refractivity contribution in [3.63, 3.8) is 0 Å². The third-order valence-electron chi connectivity index (χ3n) is 3.80. The monoisotopic (exact) mass is 351 g/mol. The van der Waals surface area contributed by atoms with Gasteiger partial charge >= 0.3 is 5.97 Å². The lowest BCUT2D eigenvalue weighted by molar-refractivity contribution is 0.0697. The third-order valence-corrected chi connectivity index (χ3v) is 6.61. The van der Waals surface area contributed by atoms with Gasteiger partial charge in [-0.1, -0.05) is 23.2 Å². The van der Waals surface area contributed by atoms with Crippen LogP contribution in [0.2, 0.25) is 10.0 Å². The fourth-order valence-corrected chi connectivity index (χ4v) is 4.49. The number of sulfonamides is 1. The molecule has 21 heavy (non-hydrogen) atoms. The number of carboxylic acid groups (broad SMARTS) is 1. The van der Waals surface area contributed by atoms with Gasteiger partial charge in [0, 0.05) is 13.1 Å². The largest absolute Gasteiger partial charge is 0.478 e. The summed E-state index contributed by atoms with van der Waals surface area (Å²) in [5, 5.41) is 8.66. The van der Waals surface area contributed by atoms with Crippen LogP contribution in [-0.2, 0) is 10.0 Å². The van der Waals surface area contributed by atoms with Crippen molar-refractivity contribution in [2.24, 2.45) is 5.92 Å². The van der Waals surface area contributed by atoms with E-state index >= 15 is 0 Å². The second kappa shape index (κ2) is 5.76. The van der Waals surface area contributed by atoms with Crippen LogP contribution in [0.15, 0.2) is 17.0 Å². The van der Waals surface area contributed by atoms with Gasteiger partial charge in [0.25, 0.3) is 0 Å². The van der Waals surface area contributed by atoms with Crippen LogP contribution in [0.4, 0.5) is 0 Å². The SMILES string of the molecule is CC(C1CC1)N(C)S(=O)(=O)c1ccc(Cl)c(C(=O)O)c1Cl. The molecule has 2 rings (SSSR count). The van der Waals surface area contributed by atoms with Crippen LogP contribution in [0.5, 0.6) is 0 Å². The van der Waals surface area contributed by atoms with Gasteiger partial charge in [0.2, 0.25) is 10.0 Å². The Morgan fingerprint density at radius 3 is 2.43 bits per heavy atom. The van der Waals surface area contributed by atoms with E-state index in [1.165, 1.54) is 23.5 Å². The molecule has 1 aliphatic rings. The number of carbonyl (C=O) groups is 1. The number of nitrogens with zero attached hydrogens (tertiary/aromatic N) is 1. The number of benzene rings is 1. The number of hydrogen-bond acceptors (Lipinski definition) is 3. The fourth-order valence-electron chi connectivity index (χ4n) is 2.18. The van der Waals surface area contributed by atoms with Gasteiger partial charge in [0.15, 0.2) is 0 Å². The molecule has 0 saturated heterocycles. The Kier molecular flexibility index (Phi) is 4.54. The molecular formula is C13H15Cl2NO4S. The molecule has 1 N–H and O–H groups in total. The summed E-state index contributed by atoms with van der Waals surface area (Å²) in [6.45, 7) is 1.83. The van der Waals surface area contributed by atoms with Gasteiger partial charge in [-0.2, -0.15) is 4.31 Å². The molecule has 1 aromatic rings. The van der Waals surface area contributed by atoms with E-state index in [2.05, 4.69) is 0 Å². The Morgan fingerprint density at radius 2 is 1.95 bits per heavy atom. The van der Waals surface area contributed by atoms with Gasteiger partial charge in [-0.3, -0.25) is 0 Å². The van der Waals surface area contributed by atoms with E-state index in [0.29, 0.717) is 5.92 Å². The number of carboxylic acids is 1. The molecule has 0 spiro atoms. The van der Waals surface area contributed by atoms with Crippen LogP contribution in [0.3, 0.4) is 0 Å². The van der Waals surface area contributed by atoms with Crippen LogP contribution in [0, 0.1) is 5.92 Å². The quantitative estimate of drug-likeness (QED) is 0.884. The maximum atomic E-state index is 12.6. The van der Waals surface area contributed by atoms with Gasteiger partial charge in [0.1, 0.15) is 4.90 Å². The molecule has 0 bridgehead atoms. The molecule has 1 saturated carbocycles. The summed E-state index contributed by atoms with van der Waals surface area (Å²) < 4.78 is 26.5. The van der Waals surface area contributed by atoms with Crippen molar-refractivity contribution < 1.29 is 18.3 Å². The molecule has 5 nitrogen and oxygen atoms in total. The van der Waals surface area contributed by atoms with Gasteiger partial charge in [-0.05, 0) is 37.8 Å². The van der Waals surface area contributed by atoms with Gasteiger partial charge < -0.3 is 5.11 Å². The van der Waals surface area contributed by atoms with E-state index in [4.69, 9.17) is 28.3 Å². The van der Waals surface area contributed by atoms with Crippen molar-refractivity contribution in [2.75, 3.05) is 7.05 Å². The second-order valence-electron chi connectivity index (χ2n) is 5.14. The van der Waals surface area contributed by atoms with E-state index in [9.17, 15) is 13.2 Å². The summed E-state index contributed by atoms with van der Waals surface area (Å²) >= 11 is 11.7. The summed E-state index contributed by atoms with van der Waals surface area (Å²) in [6.07, 6.45) is 1.99. The highest BCUT2D eigenvalue weighted by Gasteiger charge is 2.37. The highest BCUT2D eigenvalue weighted by Crippen LogP contribution is 2.38. The first-order valence-corrected chi connectivity index (χ1v) is 8.56. The van der Waals surface area contributed by atoms with Crippen molar-refractivity contribution in [2.45, 2.75) is 30.7 Å². The zero-order chi connectivity index (χ0) is 15.9. The van der Waals surface area contributed by atoms with E-state index < -0.39 is 21.6 Å². The molecule has 1 aliphatic carbocycles. The van der Waals surface area contributed by atoms with E-state index in [0.717, 1.165) is 12.8 Å². The summed E-state index contributed by atoms with van der Waals surface area (Å²) in [4.78, 5) is 10.9. The van der Waals surface area contributed by atoms with Gasteiger partial charge in [-0.25, -0.2) is 13.2 Å². The van der Waals surface area contributed by atoms with Crippen LogP contribution < -0.4 is 0 Å². The smallest absolute Gasteiger partial charge is 0.338 e. The van der Waals surface area contributed by atoms with Crippen molar-refractivity contribution >= 4 is 39.2 Å². The molecule has 1 fully saturated rings. The zero-order valence-electron chi connectivity index (χ0n) is 11.5. The minimum atomic E-state index is -3.87. The van der Waals surface area contributed by atoms with Gasteiger partial charge in [0.05, 0.1) is 15.6 Å². The lowest BCUT2D eigenvalue weighted by Gasteiger charge is -2.25. The molecule has 0 radical (unpaired) electrons. The lowest BCUT2D eigenvalue weighted by Crippen LogP contribution is -2.36. The first-order chi connectivity index (χ1) is 9.67. The third kappa shape index (κ3) is 3.04. The van der Waals surface area contributed by atoms with E-state index in [1.54, 1.807) is 0 Å². The topological polar surface area (TPSA) is 74.7 Å². The molecule has 0 amide bonds. The Morgan fingerprint density at radius 1 is 1.38 bits per heavy atom. The average molecular weight is 352 g/mol. The highest BCUT2D eigenvalue weighted by molar-refractivity contribution is 7.89. The van der Waals surface area contributed by atoms with Crippen LogP contribution >= 0.6 is 23.2 Å². The van der Waals surface area contributed by atoms with Gasteiger partial charge in [-0.15, -0.1) is 0 Å². The molecule has 8 heteroatoms. The maximum absolute atomic E-state index is 12.6. The van der Waals surface area contributed by atoms with Crippen LogP contribution in [-0.4, -0.2) is 36.9 Å². The van der Waals surface area contributed by atoms with Crippen molar-refractivity contribution in [3.05, 3.63) is 27.7 Å². The molecule has 1 unspecified atom stereocenters. The number of rotatable bonds is 5. The summed E-state index contributed by atoms with van der Waals surface area (Å²) in [5.74, 6) is -1.02. The van der Waals surface area contributed by atoms with Crippen molar-refractivity contribution in [1.82, 2.24) is 4.31 Å².